The van der Waals surface area contributed by atoms with Crippen molar-refractivity contribution in [2.45, 2.75) is 38.8 Å². The number of hydrogen-bond donors (Lipinski definition) is 1. The van der Waals surface area contributed by atoms with Crippen LogP contribution < -0.4 is 5.73 Å². The summed E-state index contributed by atoms with van der Waals surface area (Å²) in [5.41, 5.74) is 4.94. The van der Waals surface area contributed by atoms with Crippen LogP contribution in [-0.2, 0) is 19.4 Å². The first-order valence-corrected chi connectivity index (χ1v) is 8.86. The Morgan fingerprint density at radius 1 is 1.35 bits per heavy atom. The summed E-state index contributed by atoms with van der Waals surface area (Å²) in [6.07, 6.45) is 0.477. The van der Waals surface area contributed by atoms with Crippen LogP contribution in [0, 0.1) is 5.41 Å². The predicted molar refractivity (Wildman–Crippen MR) is 76.0 cm³/mol. The highest BCUT2D eigenvalue weighted by Crippen LogP contribution is 2.50. The van der Waals surface area contributed by atoms with E-state index in [0.717, 1.165) is 0 Å². The van der Waals surface area contributed by atoms with Crippen LogP contribution in [0.1, 0.15) is 27.2 Å². The Labute approximate surface area is 120 Å². The third kappa shape index (κ3) is 2.35. The molecule has 1 amide bonds. The van der Waals surface area contributed by atoms with Gasteiger partial charge in [0.05, 0.1) is 17.6 Å². The van der Waals surface area contributed by atoms with Crippen LogP contribution in [0.3, 0.4) is 0 Å². The van der Waals surface area contributed by atoms with Gasteiger partial charge in [0.2, 0.25) is 5.91 Å². The second-order valence-corrected chi connectivity index (χ2v) is 8.59. The van der Waals surface area contributed by atoms with Gasteiger partial charge in [-0.1, -0.05) is 13.8 Å². The van der Waals surface area contributed by atoms with Gasteiger partial charge in [0.15, 0.2) is 9.84 Å². The van der Waals surface area contributed by atoms with Crippen molar-refractivity contribution >= 4 is 15.7 Å². The molecule has 2 rings (SSSR count). The topological polar surface area (TPSA) is 89.7 Å². The number of amides is 1. The first-order valence-electron chi connectivity index (χ1n) is 7.04. The van der Waals surface area contributed by atoms with Crippen molar-refractivity contribution in [3.05, 3.63) is 0 Å². The molecule has 1 aliphatic carbocycles. The van der Waals surface area contributed by atoms with E-state index in [-0.39, 0.29) is 36.6 Å². The Hall–Kier alpha value is -0.660. The number of carbonyl (C=O) groups is 1. The van der Waals surface area contributed by atoms with Gasteiger partial charge in [0.1, 0.15) is 5.54 Å². The van der Waals surface area contributed by atoms with Gasteiger partial charge in [-0.25, -0.2) is 8.42 Å². The van der Waals surface area contributed by atoms with E-state index in [2.05, 4.69) is 0 Å². The Balaban J connectivity index is 2.07. The van der Waals surface area contributed by atoms with Crippen molar-refractivity contribution in [2.75, 3.05) is 31.2 Å². The van der Waals surface area contributed by atoms with Crippen molar-refractivity contribution in [2.24, 2.45) is 11.1 Å². The summed E-state index contributed by atoms with van der Waals surface area (Å²) in [4.78, 5) is 14.2. The lowest BCUT2D eigenvalue weighted by atomic mass is 9.54. The number of rotatable bonds is 3. The lowest BCUT2D eigenvalue weighted by molar-refractivity contribution is -0.179. The van der Waals surface area contributed by atoms with E-state index in [9.17, 15) is 13.2 Å². The summed E-state index contributed by atoms with van der Waals surface area (Å²) >= 11 is 0. The molecule has 6 nitrogen and oxygen atoms in total. The van der Waals surface area contributed by atoms with Crippen LogP contribution in [0.4, 0.5) is 0 Å². The summed E-state index contributed by atoms with van der Waals surface area (Å²) in [6.45, 7) is 6.89. The van der Waals surface area contributed by atoms with Gasteiger partial charge in [-0.05, 0) is 6.92 Å². The first-order chi connectivity index (χ1) is 9.14. The Kier molecular flexibility index (Phi) is 3.90. The molecule has 0 aromatic heterocycles. The van der Waals surface area contributed by atoms with Gasteiger partial charge in [-0.3, -0.25) is 4.79 Å². The van der Waals surface area contributed by atoms with Gasteiger partial charge in [-0.2, -0.15) is 0 Å². The van der Waals surface area contributed by atoms with Crippen LogP contribution in [0.2, 0.25) is 0 Å². The highest BCUT2D eigenvalue weighted by atomic mass is 32.2. The molecule has 2 N–H and O–H groups in total. The van der Waals surface area contributed by atoms with E-state index in [1.807, 2.05) is 20.8 Å². The molecule has 0 radical (unpaired) electrons. The molecule has 0 spiro atoms. The Morgan fingerprint density at radius 2 is 1.90 bits per heavy atom. The number of ether oxygens (including phenoxy) is 1. The summed E-state index contributed by atoms with van der Waals surface area (Å²) in [5, 5.41) is 0. The average Bonchev–Trinajstić information content (AvgIpc) is 2.37. The van der Waals surface area contributed by atoms with Gasteiger partial charge in [0.25, 0.3) is 0 Å². The summed E-state index contributed by atoms with van der Waals surface area (Å²) in [5.74, 6) is -0.0813. The smallest absolute Gasteiger partial charge is 0.243 e. The third-order valence-corrected chi connectivity index (χ3v) is 6.45. The zero-order valence-electron chi connectivity index (χ0n) is 12.4. The quantitative estimate of drug-likeness (QED) is 0.778. The van der Waals surface area contributed by atoms with Gasteiger partial charge in [0, 0.05) is 31.5 Å². The zero-order valence-corrected chi connectivity index (χ0v) is 13.2. The first kappa shape index (κ1) is 15.7. The fourth-order valence-electron chi connectivity index (χ4n) is 3.00. The van der Waals surface area contributed by atoms with E-state index >= 15 is 0 Å². The van der Waals surface area contributed by atoms with Crippen molar-refractivity contribution in [3.8, 4) is 0 Å². The van der Waals surface area contributed by atoms with Crippen molar-refractivity contribution in [3.63, 3.8) is 0 Å². The van der Waals surface area contributed by atoms with Gasteiger partial charge < -0.3 is 15.4 Å². The summed E-state index contributed by atoms with van der Waals surface area (Å²) in [7, 11) is -2.99. The second kappa shape index (κ2) is 4.96. The van der Waals surface area contributed by atoms with E-state index < -0.39 is 20.8 Å². The molecule has 2 fully saturated rings. The number of carbonyl (C=O) groups excluding carboxylic acids is 1. The highest BCUT2D eigenvalue weighted by Gasteiger charge is 2.63. The molecule has 1 saturated heterocycles. The standard InChI is InChI=1S/C13H24N2O4S/c1-4-19-10-9-13(14,12(10,2)3)11(16)15-5-7-20(17,18)8-6-15/h10H,4-9,14H2,1-3H3. The molecule has 0 bridgehead atoms. The molecular weight excluding hydrogens is 280 g/mol. The maximum Gasteiger partial charge on any atom is 0.243 e. The molecule has 1 aliphatic heterocycles. The number of sulfone groups is 1. The van der Waals surface area contributed by atoms with Crippen molar-refractivity contribution in [1.82, 2.24) is 4.90 Å². The number of nitrogens with two attached hydrogens (primary N) is 1. The molecule has 7 heteroatoms. The number of hydrogen-bond acceptors (Lipinski definition) is 5. The summed E-state index contributed by atoms with van der Waals surface area (Å²) in [6, 6.07) is 0. The van der Waals surface area contributed by atoms with Crippen molar-refractivity contribution in [1.29, 1.82) is 0 Å². The minimum Gasteiger partial charge on any atom is -0.378 e. The van der Waals surface area contributed by atoms with Crippen LogP contribution >= 0.6 is 0 Å². The largest absolute Gasteiger partial charge is 0.378 e. The normalized spacial score (nSPS) is 35.4. The lowest BCUT2D eigenvalue weighted by Crippen LogP contribution is -2.76. The van der Waals surface area contributed by atoms with E-state index in [1.165, 1.54) is 0 Å². The minimum atomic E-state index is -2.99. The SMILES string of the molecule is CCOC1CC(N)(C(=O)N2CCS(=O)(=O)CC2)C1(C)C. The molecule has 2 unspecified atom stereocenters. The molecule has 1 saturated carbocycles. The third-order valence-electron chi connectivity index (χ3n) is 4.84. The van der Waals surface area contributed by atoms with Crippen LogP contribution in [0.15, 0.2) is 0 Å². The fraction of sp³-hybridized carbons (Fsp3) is 0.923. The fourth-order valence-corrected chi connectivity index (χ4v) is 4.20. The van der Waals surface area contributed by atoms with E-state index in [4.69, 9.17) is 10.5 Å². The average molecular weight is 304 g/mol. The van der Waals surface area contributed by atoms with Crippen LogP contribution in [0.5, 0.6) is 0 Å². The molecule has 2 aliphatic rings. The summed E-state index contributed by atoms with van der Waals surface area (Å²) < 4.78 is 28.5. The molecular formula is C13H24N2O4S. The molecule has 0 aromatic carbocycles. The lowest BCUT2D eigenvalue weighted by Gasteiger charge is -2.58. The van der Waals surface area contributed by atoms with Gasteiger partial charge in [-0.15, -0.1) is 0 Å². The molecule has 0 aromatic rings. The maximum absolute atomic E-state index is 12.6. The Bertz CT molecular complexity index is 489. The second-order valence-electron chi connectivity index (χ2n) is 6.29. The van der Waals surface area contributed by atoms with Crippen LogP contribution in [0.25, 0.3) is 0 Å². The molecule has 116 valence electrons. The maximum atomic E-state index is 12.6. The number of nitrogens with zero attached hydrogens (tertiary/aromatic N) is 1. The molecule has 20 heavy (non-hydrogen) atoms. The van der Waals surface area contributed by atoms with Crippen molar-refractivity contribution < 1.29 is 17.9 Å². The van der Waals surface area contributed by atoms with E-state index in [1.54, 1.807) is 4.90 Å². The predicted octanol–water partition coefficient (Wildman–Crippen LogP) is -0.224. The zero-order chi connectivity index (χ0) is 15.2. The highest BCUT2D eigenvalue weighted by molar-refractivity contribution is 7.91. The minimum absolute atomic E-state index is 0.0185. The monoisotopic (exact) mass is 304 g/mol. The molecule has 2 atom stereocenters. The van der Waals surface area contributed by atoms with Gasteiger partial charge >= 0.3 is 0 Å². The molecule has 1 heterocycles. The van der Waals surface area contributed by atoms with Crippen LogP contribution in [-0.4, -0.2) is 62.1 Å². The van der Waals surface area contributed by atoms with E-state index in [0.29, 0.717) is 13.0 Å². The Morgan fingerprint density at radius 3 is 2.35 bits per heavy atom.